The summed E-state index contributed by atoms with van der Waals surface area (Å²) in [6, 6.07) is 0. The molecule has 3 heteroatoms. The summed E-state index contributed by atoms with van der Waals surface area (Å²) in [5.41, 5.74) is 2.62. The van der Waals surface area contributed by atoms with E-state index in [0.29, 0.717) is 0 Å². The molecule has 0 aromatic heterocycles. The molecule has 0 amide bonds. The molecule has 3 nitrogen and oxygen atoms in total. The smallest absolute Gasteiger partial charge is 0.0768 e. The fraction of sp³-hybridized carbons (Fsp3) is 0.714. The van der Waals surface area contributed by atoms with Crippen molar-refractivity contribution in [3.63, 3.8) is 0 Å². The lowest BCUT2D eigenvalue weighted by Crippen LogP contribution is -2.50. The molecule has 0 aromatic carbocycles. The van der Waals surface area contributed by atoms with Crippen LogP contribution in [0.3, 0.4) is 0 Å². The standard InChI is InChI=1S/C14H27N3/c1-5-11(3)12(4)9-14(17(15)6-2)16-10-13-7-8-13/h5,13-14,16H,1,6-10,15H2,2-4H3/b12-11+. The molecule has 1 aliphatic carbocycles. The number of allylic oxidation sites excluding steroid dienone is 2. The van der Waals surface area contributed by atoms with Gasteiger partial charge in [0, 0.05) is 6.54 Å². The lowest BCUT2D eigenvalue weighted by atomic mass is 10.1. The molecular formula is C14H27N3. The topological polar surface area (TPSA) is 41.3 Å². The highest BCUT2D eigenvalue weighted by molar-refractivity contribution is 5.20. The summed E-state index contributed by atoms with van der Waals surface area (Å²) in [5.74, 6) is 6.92. The predicted octanol–water partition coefficient (Wildman–Crippen LogP) is 2.42. The van der Waals surface area contributed by atoms with E-state index in [1.165, 1.54) is 24.0 Å². The summed E-state index contributed by atoms with van der Waals surface area (Å²) in [4.78, 5) is 0. The van der Waals surface area contributed by atoms with Gasteiger partial charge in [0.1, 0.15) is 0 Å². The van der Waals surface area contributed by atoms with Gasteiger partial charge in [-0.3, -0.25) is 5.84 Å². The van der Waals surface area contributed by atoms with Crippen LogP contribution >= 0.6 is 0 Å². The Hall–Kier alpha value is -0.640. The van der Waals surface area contributed by atoms with Crippen LogP contribution in [0.5, 0.6) is 0 Å². The minimum atomic E-state index is 0.246. The number of hydrazine groups is 1. The molecule has 0 aliphatic heterocycles. The van der Waals surface area contributed by atoms with E-state index in [4.69, 9.17) is 5.84 Å². The zero-order valence-electron chi connectivity index (χ0n) is 11.5. The molecule has 17 heavy (non-hydrogen) atoms. The maximum atomic E-state index is 6.04. The van der Waals surface area contributed by atoms with Gasteiger partial charge in [0.05, 0.1) is 6.17 Å². The van der Waals surface area contributed by atoms with Crippen LogP contribution in [0.25, 0.3) is 0 Å². The molecule has 1 atom stereocenters. The van der Waals surface area contributed by atoms with E-state index in [1.54, 1.807) is 0 Å². The molecule has 3 N–H and O–H groups in total. The van der Waals surface area contributed by atoms with Crippen molar-refractivity contribution in [1.29, 1.82) is 0 Å². The van der Waals surface area contributed by atoms with Crippen molar-refractivity contribution in [2.75, 3.05) is 13.1 Å². The largest absolute Gasteiger partial charge is 0.300 e. The van der Waals surface area contributed by atoms with E-state index in [9.17, 15) is 0 Å². The number of rotatable bonds is 8. The van der Waals surface area contributed by atoms with Crippen LogP contribution in [0.2, 0.25) is 0 Å². The highest BCUT2D eigenvalue weighted by Crippen LogP contribution is 2.28. The highest BCUT2D eigenvalue weighted by atomic mass is 15.5. The van der Waals surface area contributed by atoms with Crippen LogP contribution in [0.1, 0.15) is 40.0 Å². The van der Waals surface area contributed by atoms with Gasteiger partial charge in [-0.15, -0.1) is 0 Å². The number of hydrogen-bond acceptors (Lipinski definition) is 3. The summed E-state index contributed by atoms with van der Waals surface area (Å²) in [7, 11) is 0. The first-order valence-corrected chi connectivity index (χ1v) is 6.62. The van der Waals surface area contributed by atoms with E-state index in [0.717, 1.165) is 25.4 Å². The van der Waals surface area contributed by atoms with E-state index in [2.05, 4.69) is 32.7 Å². The van der Waals surface area contributed by atoms with Crippen LogP contribution in [-0.2, 0) is 0 Å². The molecule has 1 saturated carbocycles. The van der Waals surface area contributed by atoms with Crippen LogP contribution < -0.4 is 11.2 Å². The second-order valence-corrected chi connectivity index (χ2v) is 5.07. The first-order valence-electron chi connectivity index (χ1n) is 6.62. The van der Waals surface area contributed by atoms with Crippen molar-refractivity contribution in [2.45, 2.75) is 46.2 Å². The molecule has 98 valence electrons. The van der Waals surface area contributed by atoms with Gasteiger partial charge in [-0.25, -0.2) is 5.01 Å². The quantitative estimate of drug-likeness (QED) is 0.295. The van der Waals surface area contributed by atoms with Crippen molar-refractivity contribution < 1.29 is 0 Å². The molecule has 1 fully saturated rings. The molecular weight excluding hydrogens is 210 g/mol. The SMILES string of the molecule is C=C/C(C)=C(\C)CC(NCC1CC1)N(N)CC. The Kier molecular flexibility index (Phi) is 5.89. The van der Waals surface area contributed by atoms with E-state index >= 15 is 0 Å². The molecule has 1 aliphatic rings. The Morgan fingerprint density at radius 1 is 1.53 bits per heavy atom. The maximum absolute atomic E-state index is 6.04. The first-order chi connectivity index (χ1) is 8.08. The third-order valence-electron chi connectivity index (χ3n) is 3.58. The minimum absolute atomic E-state index is 0.246. The van der Waals surface area contributed by atoms with Gasteiger partial charge in [-0.1, -0.05) is 30.7 Å². The van der Waals surface area contributed by atoms with E-state index in [-0.39, 0.29) is 6.17 Å². The summed E-state index contributed by atoms with van der Waals surface area (Å²) in [5, 5.41) is 5.47. The molecule has 0 radical (unpaired) electrons. The van der Waals surface area contributed by atoms with Crippen LogP contribution in [0.4, 0.5) is 0 Å². The van der Waals surface area contributed by atoms with Gasteiger partial charge in [-0.2, -0.15) is 0 Å². The fourth-order valence-corrected chi connectivity index (χ4v) is 1.78. The Morgan fingerprint density at radius 3 is 2.65 bits per heavy atom. The molecule has 0 heterocycles. The van der Waals surface area contributed by atoms with Gasteiger partial charge in [-0.05, 0) is 45.6 Å². The van der Waals surface area contributed by atoms with Crippen molar-refractivity contribution >= 4 is 0 Å². The number of nitrogens with zero attached hydrogens (tertiary/aromatic N) is 1. The highest BCUT2D eigenvalue weighted by Gasteiger charge is 2.23. The van der Waals surface area contributed by atoms with Crippen molar-refractivity contribution in [3.05, 3.63) is 23.8 Å². The number of nitrogens with two attached hydrogens (primary N) is 1. The van der Waals surface area contributed by atoms with Gasteiger partial charge < -0.3 is 5.32 Å². The lowest BCUT2D eigenvalue weighted by molar-refractivity contribution is 0.173. The Labute approximate surface area is 106 Å². The Bertz CT molecular complexity index is 279. The van der Waals surface area contributed by atoms with Crippen LogP contribution in [0, 0.1) is 5.92 Å². The van der Waals surface area contributed by atoms with E-state index < -0.39 is 0 Å². The summed E-state index contributed by atoms with van der Waals surface area (Å²) >= 11 is 0. The fourth-order valence-electron chi connectivity index (χ4n) is 1.78. The monoisotopic (exact) mass is 237 g/mol. The second kappa shape index (κ2) is 6.94. The second-order valence-electron chi connectivity index (χ2n) is 5.07. The van der Waals surface area contributed by atoms with Crippen LogP contribution in [-0.4, -0.2) is 24.3 Å². The normalized spacial score (nSPS) is 19.1. The minimum Gasteiger partial charge on any atom is -0.300 e. The molecule has 0 bridgehead atoms. The first kappa shape index (κ1) is 14.4. The lowest BCUT2D eigenvalue weighted by Gasteiger charge is -2.28. The number of hydrogen-bond donors (Lipinski definition) is 2. The Morgan fingerprint density at radius 2 is 2.18 bits per heavy atom. The maximum Gasteiger partial charge on any atom is 0.0768 e. The van der Waals surface area contributed by atoms with Crippen LogP contribution in [0.15, 0.2) is 23.8 Å². The van der Waals surface area contributed by atoms with E-state index in [1.807, 2.05) is 11.1 Å². The molecule has 1 unspecified atom stereocenters. The third kappa shape index (κ3) is 5.02. The predicted molar refractivity (Wildman–Crippen MR) is 74.3 cm³/mol. The van der Waals surface area contributed by atoms with Crippen molar-refractivity contribution in [1.82, 2.24) is 10.3 Å². The summed E-state index contributed by atoms with van der Waals surface area (Å²) in [6.45, 7) is 12.1. The van der Waals surface area contributed by atoms with Gasteiger partial charge in [0.25, 0.3) is 0 Å². The third-order valence-corrected chi connectivity index (χ3v) is 3.58. The zero-order chi connectivity index (χ0) is 12.8. The molecule has 0 saturated heterocycles. The van der Waals surface area contributed by atoms with Gasteiger partial charge in [0.2, 0.25) is 0 Å². The average Bonchev–Trinajstić information content (AvgIpc) is 3.15. The summed E-state index contributed by atoms with van der Waals surface area (Å²) < 4.78 is 0. The Balaban J connectivity index is 2.51. The molecule has 1 rings (SSSR count). The molecule has 0 spiro atoms. The summed E-state index contributed by atoms with van der Waals surface area (Å²) in [6.07, 6.45) is 5.87. The van der Waals surface area contributed by atoms with Gasteiger partial charge >= 0.3 is 0 Å². The average molecular weight is 237 g/mol. The molecule has 0 aromatic rings. The zero-order valence-corrected chi connectivity index (χ0v) is 11.5. The van der Waals surface area contributed by atoms with Crippen molar-refractivity contribution in [3.8, 4) is 0 Å². The number of nitrogens with one attached hydrogen (secondary N) is 1. The van der Waals surface area contributed by atoms with Crippen molar-refractivity contribution in [2.24, 2.45) is 11.8 Å². The van der Waals surface area contributed by atoms with Gasteiger partial charge in [0.15, 0.2) is 0 Å².